The molecule has 0 spiro atoms. The third-order valence-electron chi connectivity index (χ3n) is 2.67. The van der Waals surface area contributed by atoms with Crippen LogP contribution in [0, 0.1) is 0 Å². The summed E-state index contributed by atoms with van der Waals surface area (Å²) in [5, 5.41) is 3.30. The molecule has 0 radical (unpaired) electrons. The fraction of sp³-hybridized carbons (Fsp3) is 0.500. The first kappa shape index (κ1) is 11.2. The van der Waals surface area contributed by atoms with Gasteiger partial charge in [-0.05, 0) is 17.7 Å². The molecule has 16 heavy (non-hydrogen) atoms. The predicted molar refractivity (Wildman–Crippen MR) is 61.1 cm³/mol. The number of methoxy groups -OCH3 is 2. The van der Waals surface area contributed by atoms with Crippen molar-refractivity contribution in [3.05, 3.63) is 23.8 Å². The minimum Gasteiger partial charge on any atom is -0.497 e. The lowest BCUT2D eigenvalue weighted by Crippen LogP contribution is -2.33. The number of ether oxygens (including phenoxy) is 3. The summed E-state index contributed by atoms with van der Waals surface area (Å²) in [6.07, 6.45) is 0.0812. The summed E-state index contributed by atoms with van der Waals surface area (Å²) in [6, 6.07) is 5.83. The number of benzene rings is 1. The first-order valence-corrected chi connectivity index (χ1v) is 5.39. The van der Waals surface area contributed by atoms with Crippen molar-refractivity contribution in [2.75, 3.05) is 33.9 Å². The van der Waals surface area contributed by atoms with Gasteiger partial charge in [0.25, 0.3) is 0 Å². The molecule has 0 bridgehead atoms. The van der Waals surface area contributed by atoms with Gasteiger partial charge in [0.1, 0.15) is 11.5 Å². The largest absolute Gasteiger partial charge is 0.497 e. The van der Waals surface area contributed by atoms with Crippen molar-refractivity contribution in [2.45, 2.75) is 6.10 Å². The molecule has 4 heteroatoms. The summed E-state index contributed by atoms with van der Waals surface area (Å²) < 4.78 is 16.2. The molecule has 0 unspecified atom stereocenters. The second-order valence-electron chi connectivity index (χ2n) is 3.71. The van der Waals surface area contributed by atoms with Gasteiger partial charge in [0.05, 0.1) is 26.9 Å². The van der Waals surface area contributed by atoms with E-state index in [1.54, 1.807) is 14.2 Å². The van der Waals surface area contributed by atoms with Gasteiger partial charge >= 0.3 is 0 Å². The van der Waals surface area contributed by atoms with Crippen LogP contribution in [0.2, 0.25) is 0 Å². The number of hydrogen-bond donors (Lipinski definition) is 1. The van der Waals surface area contributed by atoms with E-state index in [4.69, 9.17) is 14.2 Å². The lowest BCUT2D eigenvalue weighted by Gasteiger charge is -2.24. The molecular formula is C12H17NO3. The van der Waals surface area contributed by atoms with E-state index in [0.29, 0.717) is 0 Å². The summed E-state index contributed by atoms with van der Waals surface area (Å²) in [7, 11) is 3.30. The van der Waals surface area contributed by atoms with E-state index < -0.39 is 0 Å². The maximum atomic E-state index is 5.69. The zero-order valence-corrected chi connectivity index (χ0v) is 9.66. The Morgan fingerprint density at radius 1 is 1.19 bits per heavy atom. The monoisotopic (exact) mass is 223 g/mol. The second-order valence-corrected chi connectivity index (χ2v) is 3.71. The average molecular weight is 223 g/mol. The summed E-state index contributed by atoms with van der Waals surface area (Å²) >= 11 is 0. The van der Waals surface area contributed by atoms with Gasteiger partial charge in [0.15, 0.2) is 0 Å². The molecule has 4 nitrogen and oxygen atoms in total. The highest BCUT2D eigenvalue weighted by Crippen LogP contribution is 2.28. The Morgan fingerprint density at radius 3 is 2.38 bits per heavy atom. The van der Waals surface area contributed by atoms with Gasteiger partial charge < -0.3 is 19.5 Å². The number of morpholine rings is 1. The fourth-order valence-corrected chi connectivity index (χ4v) is 1.79. The molecule has 1 N–H and O–H groups in total. The number of nitrogens with one attached hydrogen (secondary N) is 1. The van der Waals surface area contributed by atoms with Crippen LogP contribution in [0.4, 0.5) is 0 Å². The maximum absolute atomic E-state index is 5.69. The Hall–Kier alpha value is -1.26. The molecule has 1 aliphatic rings. The zero-order chi connectivity index (χ0) is 11.4. The topological polar surface area (TPSA) is 39.7 Å². The van der Waals surface area contributed by atoms with Gasteiger partial charge in [-0.25, -0.2) is 0 Å². The SMILES string of the molecule is COc1cc(OC)cc([C@@H]2CNCCO2)c1. The Kier molecular flexibility index (Phi) is 3.64. The first-order chi connectivity index (χ1) is 7.83. The Bertz CT molecular complexity index is 326. The maximum Gasteiger partial charge on any atom is 0.122 e. The van der Waals surface area contributed by atoms with Crippen LogP contribution in [0.5, 0.6) is 11.5 Å². The first-order valence-electron chi connectivity index (χ1n) is 5.39. The normalized spacial score (nSPS) is 20.5. The van der Waals surface area contributed by atoms with Gasteiger partial charge in [0.2, 0.25) is 0 Å². The highest BCUT2D eigenvalue weighted by Gasteiger charge is 2.17. The summed E-state index contributed by atoms with van der Waals surface area (Å²) in [4.78, 5) is 0. The van der Waals surface area contributed by atoms with Crippen molar-refractivity contribution in [3.8, 4) is 11.5 Å². The molecule has 2 rings (SSSR count). The van der Waals surface area contributed by atoms with Crippen LogP contribution in [0.3, 0.4) is 0 Å². The Morgan fingerprint density at radius 2 is 1.88 bits per heavy atom. The van der Waals surface area contributed by atoms with E-state index in [0.717, 1.165) is 36.8 Å². The van der Waals surface area contributed by atoms with Crippen molar-refractivity contribution in [3.63, 3.8) is 0 Å². The zero-order valence-electron chi connectivity index (χ0n) is 9.66. The quantitative estimate of drug-likeness (QED) is 0.840. The third kappa shape index (κ3) is 2.46. The summed E-state index contributed by atoms with van der Waals surface area (Å²) in [5.74, 6) is 1.59. The van der Waals surface area contributed by atoms with Gasteiger partial charge in [-0.2, -0.15) is 0 Å². The third-order valence-corrected chi connectivity index (χ3v) is 2.67. The van der Waals surface area contributed by atoms with Crippen LogP contribution in [0.1, 0.15) is 11.7 Å². The summed E-state index contributed by atoms with van der Waals surface area (Å²) in [6.45, 7) is 2.48. The molecule has 1 heterocycles. The standard InChI is InChI=1S/C12H17NO3/c1-14-10-5-9(6-11(7-10)15-2)12-8-13-3-4-16-12/h5-7,12-13H,3-4,8H2,1-2H3/t12-/m0/s1. The van der Waals surface area contributed by atoms with Crippen LogP contribution < -0.4 is 14.8 Å². The van der Waals surface area contributed by atoms with Crippen molar-refractivity contribution >= 4 is 0 Å². The molecule has 1 aromatic rings. The number of hydrogen-bond acceptors (Lipinski definition) is 4. The van der Waals surface area contributed by atoms with Crippen LogP contribution in [0.25, 0.3) is 0 Å². The highest BCUT2D eigenvalue weighted by atomic mass is 16.5. The molecular weight excluding hydrogens is 206 g/mol. The minimum atomic E-state index is 0.0812. The Balaban J connectivity index is 2.24. The minimum absolute atomic E-state index is 0.0812. The highest BCUT2D eigenvalue weighted by molar-refractivity contribution is 5.39. The molecule has 0 amide bonds. The average Bonchev–Trinajstić information content (AvgIpc) is 2.39. The summed E-state index contributed by atoms with van der Waals surface area (Å²) in [5.41, 5.74) is 1.09. The van der Waals surface area contributed by atoms with E-state index >= 15 is 0 Å². The predicted octanol–water partition coefficient (Wildman–Crippen LogP) is 1.36. The number of rotatable bonds is 3. The molecule has 1 aliphatic heterocycles. The Labute approximate surface area is 95.5 Å². The lowest BCUT2D eigenvalue weighted by molar-refractivity contribution is 0.0274. The molecule has 88 valence electrons. The van der Waals surface area contributed by atoms with Crippen LogP contribution in [-0.2, 0) is 4.74 Å². The van der Waals surface area contributed by atoms with E-state index in [1.807, 2.05) is 18.2 Å². The van der Waals surface area contributed by atoms with Crippen molar-refractivity contribution in [1.29, 1.82) is 0 Å². The second kappa shape index (κ2) is 5.18. The van der Waals surface area contributed by atoms with Crippen LogP contribution >= 0.6 is 0 Å². The van der Waals surface area contributed by atoms with Crippen LogP contribution in [0.15, 0.2) is 18.2 Å². The van der Waals surface area contributed by atoms with Gasteiger partial charge in [-0.3, -0.25) is 0 Å². The lowest BCUT2D eigenvalue weighted by atomic mass is 10.1. The van der Waals surface area contributed by atoms with Crippen molar-refractivity contribution in [2.24, 2.45) is 0 Å². The molecule has 1 aromatic carbocycles. The van der Waals surface area contributed by atoms with E-state index in [2.05, 4.69) is 5.32 Å². The smallest absolute Gasteiger partial charge is 0.122 e. The van der Waals surface area contributed by atoms with E-state index in [-0.39, 0.29) is 6.10 Å². The van der Waals surface area contributed by atoms with E-state index in [1.165, 1.54) is 0 Å². The fourth-order valence-electron chi connectivity index (χ4n) is 1.79. The van der Waals surface area contributed by atoms with Gasteiger partial charge in [-0.15, -0.1) is 0 Å². The molecule has 0 aromatic heterocycles. The molecule has 1 atom stereocenters. The van der Waals surface area contributed by atoms with Crippen molar-refractivity contribution < 1.29 is 14.2 Å². The van der Waals surface area contributed by atoms with Gasteiger partial charge in [-0.1, -0.05) is 0 Å². The molecule has 0 saturated carbocycles. The molecule has 1 saturated heterocycles. The molecule has 1 fully saturated rings. The van der Waals surface area contributed by atoms with Gasteiger partial charge in [0, 0.05) is 19.2 Å². The van der Waals surface area contributed by atoms with E-state index in [9.17, 15) is 0 Å². The molecule has 0 aliphatic carbocycles. The van der Waals surface area contributed by atoms with Crippen molar-refractivity contribution in [1.82, 2.24) is 5.32 Å². The van der Waals surface area contributed by atoms with Crippen LogP contribution in [-0.4, -0.2) is 33.9 Å².